The Morgan fingerprint density at radius 1 is 1.16 bits per heavy atom. The molecule has 31 heavy (non-hydrogen) atoms. The number of nitrogens with one attached hydrogen (secondary N) is 1. The van der Waals surface area contributed by atoms with Crippen molar-refractivity contribution in [3.05, 3.63) is 88.6 Å². The Hall–Kier alpha value is -3.22. The summed E-state index contributed by atoms with van der Waals surface area (Å²) in [7, 11) is 1.91. The van der Waals surface area contributed by atoms with Gasteiger partial charge in [0.05, 0.1) is 12.2 Å². The molecule has 1 unspecified atom stereocenters. The summed E-state index contributed by atoms with van der Waals surface area (Å²) in [6.07, 6.45) is 3.86. The number of carbonyl (C=O) groups is 1. The summed E-state index contributed by atoms with van der Waals surface area (Å²) in [4.78, 5) is 14.3. The average molecular weight is 431 g/mol. The van der Waals surface area contributed by atoms with Gasteiger partial charge in [0.2, 0.25) is 0 Å². The Balaban J connectivity index is 1.70. The maximum Gasteiger partial charge on any atom is 0.252 e. The standard InChI is InChI=1S/C25H26N4OS/c1-16-6-4-7-18(13-26)24(16)25(30)28-17(2)19-10-20(22-14-27-29(3)15-22)12-21(11-19)23-8-5-9-31-23/h4-12,14-15,17H,13,26H2,1-3H3,(H,28,30). The van der Waals surface area contributed by atoms with E-state index in [1.807, 2.05) is 57.6 Å². The second-order valence-corrected chi connectivity index (χ2v) is 8.68. The van der Waals surface area contributed by atoms with E-state index in [1.165, 1.54) is 4.88 Å². The van der Waals surface area contributed by atoms with Crippen molar-refractivity contribution in [2.45, 2.75) is 26.4 Å². The Kier molecular flexibility index (Phi) is 6.02. The minimum Gasteiger partial charge on any atom is -0.346 e. The molecule has 0 saturated carbocycles. The van der Waals surface area contributed by atoms with Crippen LogP contribution in [0, 0.1) is 6.92 Å². The highest BCUT2D eigenvalue weighted by Gasteiger charge is 2.18. The molecule has 0 saturated heterocycles. The van der Waals surface area contributed by atoms with Crippen LogP contribution in [0.2, 0.25) is 0 Å². The van der Waals surface area contributed by atoms with E-state index in [2.05, 4.69) is 40.1 Å². The summed E-state index contributed by atoms with van der Waals surface area (Å²) in [5, 5.41) is 9.56. The van der Waals surface area contributed by atoms with E-state index in [4.69, 9.17) is 5.73 Å². The van der Waals surface area contributed by atoms with Gasteiger partial charge in [-0.1, -0.05) is 24.3 Å². The number of thiophene rings is 1. The molecule has 0 aliphatic rings. The highest BCUT2D eigenvalue weighted by molar-refractivity contribution is 7.13. The van der Waals surface area contributed by atoms with Gasteiger partial charge in [0.1, 0.15) is 0 Å². The third kappa shape index (κ3) is 4.45. The molecule has 1 atom stereocenters. The van der Waals surface area contributed by atoms with Crippen molar-refractivity contribution in [3.63, 3.8) is 0 Å². The summed E-state index contributed by atoms with van der Waals surface area (Å²) >= 11 is 1.70. The molecule has 4 aromatic rings. The number of aryl methyl sites for hydroxylation is 2. The topological polar surface area (TPSA) is 72.9 Å². The van der Waals surface area contributed by atoms with Crippen molar-refractivity contribution in [1.82, 2.24) is 15.1 Å². The normalized spacial score (nSPS) is 12.0. The predicted octanol–water partition coefficient (Wildman–Crippen LogP) is 5.07. The first-order valence-corrected chi connectivity index (χ1v) is 11.1. The zero-order valence-electron chi connectivity index (χ0n) is 17.9. The van der Waals surface area contributed by atoms with Gasteiger partial charge < -0.3 is 11.1 Å². The number of benzene rings is 2. The Morgan fingerprint density at radius 3 is 2.65 bits per heavy atom. The number of nitrogens with zero attached hydrogens (tertiary/aromatic N) is 2. The SMILES string of the molecule is Cc1cccc(CN)c1C(=O)NC(C)c1cc(-c2cnn(C)c2)cc(-c2cccs2)c1. The number of hydrogen-bond acceptors (Lipinski definition) is 4. The number of carbonyl (C=O) groups excluding carboxylic acids is 1. The molecule has 5 nitrogen and oxygen atoms in total. The van der Waals surface area contributed by atoms with E-state index in [-0.39, 0.29) is 11.9 Å². The number of aromatic nitrogens is 2. The molecule has 0 radical (unpaired) electrons. The molecular weight excluding hydrogens is 404 g/mol. The van der Waals surface area contributed by atoms with Gasteiger partial charge in [0.15, 0.2) is 0 Å². The van der Waals surface area contributed by atoms with Crippen LogP contribution in [0.15, 0.2) is 66.3 Å². The molecule has 4 rings (SSSR count). The average Bonchev–Trinajstić information content (AvgIpc) is 3.45. The summed E-state index contributed by atoms with van der Waals surface area (Å²) in [6, 6.07) is 16.2. The molecule has 2 heterocycles. The largest absolute Gasteiger partial charge is 0.346 e. The van der Waals surface area contributed by atoms with Crippen LogP contribution in [0.1, 0.15) is 40.0 Å². The highest BCUT2D eigenvalue weighted by atomic mass is 32.1. The molecule has 2 aromatic carbocycles. The lowest BCUT2D eigenvalue weighted by Gasteiger charge is -2.19. The second kappa shape index (κ2) is 8.88. The van der Waals surface area contributed by atoms with Crippen LogP contribution in [0.3, 0.4) is 0 Å². The van der Waals surface area contributed by atoms with Gasteiger partial charge in [-0.2, -0.15) is 5.10 Å². The first-order valence-electron chi connectivity index (χ1n) is 10.2. The number of hydrogen-bond donors (Lipinski definition) is 2. The van der Waals surface area contributed by atoms with Crippen LogP contribution in [0.25, 0.3) is 21.6 Å². The van der Waals surface area contributed by atoms with Gasteiger partial charge in [-0.25, -0.2) is 0 Å². The molecule has 1 amide bonds. The van der Waals surface area contributed by atoms with E-state index in [1.54, 1.807) is 16.0 Å². The predicted molar refractivity (Wildman–Crippen MR) is 127 cm³/mol. The number of nitrogens with two attached hydrogens (primary N) is 1. The Morgan fingerprint density at radius 2 is 1.97 bits per heavy atom. The molecule has 6 heteroatoms. The molecule has 158 valence electrons. The van der Waals surface area contributed by atoms with Crippen molar-refractivity contribution < 1.29 is 4.79 Å². The first-order chi connectivity index (χ1) is 15.0. The minimum atomic E-state index is -0.173. The fraction of sp³-hybridized carbons (Fsp3) is 0.200. The van der Waals surface area contributed by atoms with Crippen molar-refractivity contribution >= 4 is 17.2 Å². The molecule has 0 spiro atoms. The smallest absolute Gasteiger partial charge is 0.252 e. The zero-order chi connectivity index (χ0) is 22.0. The number of amides is 1. The van der Waals surface area contributed by atoms with Crippen LogP contribution in [0.5, 0.6) is 0 Å². The van der Waals surface area contributed by atoms with E-state index < -0.39 is 0 Å². The summed E-state index contributed by atoms with van der Waals surface area (Å²) in [6.45, 7) is 4.29. The van der Waals surface area contributed by atoms with Gasteiger partial charge >= 0.3 is 0 Å². The van der Waals surface area contributed by atoms with Crippen LogP contribution < -0.4 is 11.1 Å². The fourth-order valence-electron chi connectivity index (χ4n) is 3.80. The maximum absolute atomic E-state index is 13.1. The monoisotopic (exact) mass is 430 g/mol. The van der Waals surface area contributed by atoms with Crippen molar-refractivity contribution in [2.75, 3.05) is 0 Å². The quantitative estimate of drug-likeness (QED) is 0.448. The van der Waals surface area contributed by atoms with E-state index in [0.717, 1.165) is 33.4 Å². The fourth-order valence-corrected chi connectivity index (χ4v) is 4.51. The van der Waals surface area contributed by atoms with Crippen molar-refractivity contribution in [3.8, 4) is 21.6 Å². The molecule has 0 bridgehead atoms. The minimum absolute atomic E-state index is 0.101. The lowest BCUT2D eigenvalue weighted by Crippen LogP contribution is -2.28. The van der Waals surface area contributed by atoms with Crippen molar-refractivity contribution in [2.24, 2.45) is 12.8 Å². The summed E-state index contributed by atoms with van der Waals surface area (Å²) in [5.74, 6) is -0.101. The molecule has 0 fully saturated rings. The van der Waals surface area contributed by atoms with Crippen molar-refractivity contribution in [1.29, 1.82) is 0 Å². The summed E-state index contributed by atoms with van der Waals surface area (Å²) in [5.41, 5.74) is 12.6. The molecule has 0 aliphatic heterocycles. The van der Waals surface area contributed by atoms with Gasteiger partial charge in [0, 0.05) is 35.8 Å². The maximum atomic E-state index is 13.1. The van der Waals surface area contributed by atoms with E-state index in [0.29, 0.717) is 12.1 Å². The van der Waals surface area contributed by atoms with Crippen LogP contribution in [0.4, 0.5) is 0 Å². The Bertz CT molecular complexity index is 1210. The summed E-state index contributed by atoms with van der Waals surface area (Å²) < 4.78 is 1.80. The lowest BCUT2D eigenvalue weighted by molar-refractivity contribution is 0.0938. The zero-order valence-corrected chi connectivity index (χ0v) is 18.7. The van der Waals surface area contributed by atoms with Crippen LogP contribution in [-0.2, 0) is 13.6 Å². The van der Waals surface area contributed by atoms with Gasteiger partial charge in [-0.3, -0.25) is 9.48 Å². The van der Waals surface area contributed by atoms with Gasteiger partial charge in [-0.05, 0) is 71.3 Å². The molecule has 0 aliphatic carbocycles. The van der Waals surface area contributed by atoms with Crippen LogP contribution in [-0.4, -0.2) is 15.7 Å². The van der Waals surface area contributed by atoms with Gasteiger partial charge in [-0.15, -0.1) is 11.3 Å². The van der Waals surface area contributed by atoms with Crippen LogP contribution >= 0.6 is 11.3 Å². The molecular formula is C25H26N4OS. The highest BCUT2D eigenvalue weighted by Crippen LogP contribution is 2.32. The lowest BCUT2D eigenvalue weighted by atomic mass is 9.96. The van der Waals surface area contributed by atoms with E-state index in [9.17, 15) is 4.79 Å². The van der Waals surface area contributed by atoms with Gasteiger partial charge in [0.25, 0.3) is 5.91 Å². The third-order valence-corrected chi connectivity index (χ3v) is 6.37. The Labute approximate surface area is 186 Å². The molecule has 2 aromatic heterocycles. The second-order valence-electron chi connectivity index (χ2n) is 7.73. The first kappa shape index (κ1) is 21.0. The van der Waals surface area contributed by atoms with E-state index >= 15 is 0 Å². The molecule has 3 N–H and O–H groups in total. The third-order valence-electron chi connectivity index (χ3n) is 5.45. The number of rotatable bonds is 6.